The second kappa shape index (κ2) is 7.89. The molecular formula is C23H20N6O3S. The SMILES string of the molecule is Cc1cc2nnc(SCC(=O)NN3C(=O)N[C@](C)(c4ccccc4)C3=O)n2c2ccccc12. The second-order valence-corrected chi connectivity index (χ2v) is 8.85. The van der Waals surface area contributed by atoms with Crippen molar-refractivity contribution in [3.63, 3.8) is 0 Å². The smallest absolute Gasteiger partial charge is 0.318 e. The number of thioether (sulfide) groups is 1. The number of nitrogens with one attached hydrogen (secondary N) is 2. The quantitative estimate of drug-likeness (QED) is 0.350. The fraction of sp³-hybridized carbons (Fsp3) is 0.174. The predicted octanol–water partition coefficient (Wildman–Crippen LogP) is 2.78. The molecule has 0 aliphatic carbocycles. The Balaban J connectivity index is 1.33. The van der Waals surface area contributed by atoms with Gasteiger partial charge in [0.05, 0.1) is 11.3 Å². The van der Waals surface area contributed by atoms with Crippen LogP contribution in [0.2, 0.25) is 0 Å². The lowest BCUT2D eigenvalue weighted by atomic mass is 9.92. The van der Waals surface area contributed by atoms with Gasteiger partial charge in [-0.25, -0.2) is 4.79 Å². The highest BCUT2D eigenvalue weighted by atomic mass is 32.2. The minimum absolute atomic E-state index is 0.0535. The maximum Gasteiger partial charge on any atom is 0.344 e. The van der Waals surface area contributed by atoms with Crippen molar-refractivity contribution in [1.29, 1.82) is 0 Å². The highest BCUT2D eigenvalue weighted by Gasteiger charge is 2.49. The number of hydrogen-bond donors (Lipinski definition) is 2. The third kappa shape index (κ3) is 3.48. The Morgan fingerprint density at radius 2 is 1.82 bits per heavy atom. The summed E-state index contributed by atoms with van der Waals surface area (Å²) in [6.07, 6.45) is 0. The van der Waals surface area contributed by atoms with Crippen LogP contribution in [0.3, 0.4) is 0 Å². The molecule has 0 bridgehead atoms. The number of carbonyl (C=O) groups excluding carboxylic acids is 3. The van der Waals surface area contributed by atoms with Crippen molar-refractivity contribution in [2.45, 2.75) is 24.5 Å². The van der Waals surface area contributed by atoms with E-state index in [0.29, 0.717) is 16.4 Å². The van der Waals surface area contributed by atoms with Gasteiger partial charge in [0, 0.05) is 5.39 Å². The van der Waals surface area contributed by atoms with Gasteiger partial charge in [-0.2, -0.15) is 5.01 Å². The van der Waals surface area contributed by atoms with Crippen LogP contribution in [0.1, 0.15) is 18.1 Å². The fourth-order valence-electron chi connectivity index (χ4n) is 3.96. The summed E-state index contributed by atoms with van der Waals surface area (Å²) in [7, 11) is 0. The molecule has 1 aliphatic heterocycles. The molecule has 4 amide bonds. The minimum Gasteiger partial charge on any atom is -0.318 e. The number of urea groups is 1. The standard InChI is InChI=1S/C23H20N6O3S/c1-14-12-18-25-26-22(28(18)17-11-7-6-10-16(14)17)33-13-19(30)27-29-20(31)23(2,24-21(29)32)15-8-4-3-5-9-15/h3-12H,13H2,1-2H3,(H,24,32)(H,27,30)/t23-/m1/s1. The van der Waals surface area contributed by atoms with Gasteiger partial charge in [-0.05, 0) is 37.1 Å². The van der Waals surface area contributed by atoms with E-state index in [9.17, 15) is 14.4 Å². The number of rotatable bonds is 5. The van der Waals surface area contributed by atoms with E-state index in [2.05, 4.69) is 20.9 Å². The van der Waals surface area contributed by atoms with Crippen molar-refractivity contribution in [3.8, 4) is 0 Å². The Morgan fingerprint density at radius 3 is 2.61 bits per heavy atom. The van der Waals surface area contributed by atoms with Gasteiger partial charge in [-0.15, -0.1) is 10.2 Å². The number of carbonyl (C=O) groups is 3. The van der Waals surface area contributed by atoms with E-state index < -0.39 is 23.4 Å². The van der Waals surface area contributed by atoms with Gasteiger partial charge < -0.3 is 5.32 Å². The number of amides is 4. The summed E-state index contributed by atoms with van der Waals surface area (Å²) in [5.41, 5.74) is 4.50. The van der Waals surface area contributed by atoms with Crippen LogP contribution in [0.4, 0.5) is 4.79 Å². The number of imide groups is 1. The summed E-state index contributed by atoms with van der Waals surface area (Å²) >= 11 is 1.18. The van der Waals surface area contributed by atoms with Gasteiger partial charge in [-0.1, -0.05) is 60.3 Å². The molecule has 166 valence electrons. The molecule has 10 heteroatoms. The monoisotopic (exact) mass is 460 g/mol. The number of hydrogen-bond acceptors (Lipinski definition) is 6. The van der Waals surface area contributed by atoms with Gasteiger partial charge in [0.15, 0.2) is 10.8 Å². The molecule has 0 radical (unpaired) electrons. The molecule has 0 unspecified atom stereocenters. The number of para-hydroxylation sites is 1. The molecule has 1 aliphatic rings. The topological polar surface area (TPSA) is 109 Å². The van der Waals surface area contributed by atoms with E-state index in [1.165, 1.54) is 11.8 Å². The fourth-order valence-corrected chi connectivity index (χ4v) is 4.71. The van der Waals surface area contributed by atoms with Crippen LogP contribution in [0.15, 0.2) is 65.8 Å². The lowest BCUT2D eigenvalue weighted by molar-refractivity contribution is -0.138. The number of aromatic nitrogens is 3. The summed E-state index contributed by atoms with van der Waals surface area (Å²) in [6.45, 7) is 3.62. The summed E-state index contributed by atoms with van der Waals surface area (Å²) < 4.78 is 1.89. The molecule has 0 saturated carbocycles. The summed E-state index contributed by atoms with van der Waals surface area (Å²) in [5.74, 6) is -1.11. The predicted molar refractivity (Wildman–Crippen MR) is 123 cm³/mol. The van der Waals surface area contributed by atoms with Crippen LogP contribution >= 0.6 is 11.8 Å². The van der Waals surface area contributed by atoms with Gasteiger partial charge in [0.25, 0.3) is 5.91 Å². The molecule has 2 aromatic heterocycles. The van der Waals surface area contributed by atoms with Crippen molar-refractivity contribution < 1.29 is 14.4 Å². The first kappa shape index (κ1) is 21.0. The number of benzene rings is 2. The third-order valence-electron chi connectivity index (χ3n) is 5.68. The van der Waals surface area contributed by atoms with E-state index in [4.69, 9.17) is 0 Å². The molecule has 1 fully saturated rings. The number of hydrazine groups is 1. The number of nitrogens with zero attached hydrogens (tertiary/aromatic N) is 4. The molecule has 33 heavy (non-hydrogen) atoms. The number of pyridine rings is 1. The first-order valence-corrected chi connectivity index (χ1v) is 11.2. The van der Waals surface area contributed by atoms with Crippen molar-refractivity contribution in [3.05, 3.63) is 71.8 Å². The molecule has 2 aromatic carbocycles. The third-order valence-corrected chi connectivity index (χ3v) is 6.61. The van der Waals surface area contributed by atoms with Crippen molar-refractivity contribution in [2.24, 2.45) is 0 Å². The van der Waals surface area contributed by atoms with E-state index >= 15 is 0 Å². The van der Waals surface area contributed by atoms with E-state index in [0.717, 1.165) is 21.5 Å². The lowest BCUT2D eigenvalue weighted by Gasteiger charge is -2.22. The molecular weight excluding hydrogens is 440 g/mol. The van der Waals surface area contributed by atoms with Crippen LogP contribution < -0.4 is 10.7 Å². The number of fused-ring (bicyclic) bond motifs is 3. The van der Waals surface area contributed by atoms with Crippen molar-refractivity contribution in [1.82, 2.24) is 30.3 Å². The van der Waals surface area contributed by atoms with Crippen LogP contribution in [-0.2, 0) is 15.1 Å². The minimum atomic E-state index is -1.25. The summed E-state index contributed by atoms with van der Waals surface area (Å²) in [4.78, 5) is 38.0. The molecule has 4 aromatic rings. The summed E-state index contributed by atoms with van der Waals surface area (Å²) in [5, 5.41) is 13.4. The maximum absolute atomic E-state index is 13.0. The van der Waals surface area contributed by atoms with Gasteiger partial charge in [0.1, 0.15) is 5.54 Å². The van der Waals surface area contributed by atoms with Gasteiger partial charge >= 0.3 is 6.03 Å². The van der Waals surface area contributed by atoms with E-state index in [1.807, 2.05) is 47.7 Å². The van der Waals surface area contributed by atoms with Gasteiger partial charge in [-0.3, -0.25) is 19.4 Å². The second-order valence-electron chi connectivity index (χ2n) is 7.91. The first-order valence-electron chi connectivity index (χ1n) is 10.3. The Kier molecular flexibility index (Phi) is 5.01. The zero-order valence-corrected chi connectivity index (χ0v) is 18.7. The summed E-state index contributed by atoms with van der Waals surface area (Å²) in [6, 6.07) is 18.0. The van der Waals surface area contributed by atoms with Crippen molar-refractivity contribution in [2.75, 3.05) is 5.75 Å². The molecule has 2 N–H and O–H groups in total. The van der Waals surface area contributed by atoms with Crippen LogP contribution in [0.5, 0.6) is 0 Å². The average molecular weight is 461 g/mol. The normalized spacial score (nSPS) is 18.2. The molecule has 1 atom stereocenters. The van der Waals surface area contributed by atoms with Crippen molar-refractivity contribution >= 4 is 46.2 Å². The van der Waals surface area contributed by atoms with Crippen LogP contribution in [0, 0.1) is 6.92 Å². The highest BCUT2D eigenvalue weighted by Crippen LogP contribution is 2.28. The highest BCUT2D eigenvalue weighted by molar-refractivity contribution is 7.99. The van der Waals surface area contributed by atoms with E-state index in [1.54, 1.807) is 31.2 Å². The maximum atomic E-state index is 13.0. The lowest BCUT2D eigenvalue weighted by Crippen LogP contribution is -2.48. The van der Waals surface area contributed by atoms with Gasteiger partial charge in [0.2, 0.25) is 5.91 Å². The Hall–Kier alpha value is -3.92. The van der Waals surface area contributed by atoms with E-state index in [-0.39, 0.29) is 5.75 Å². The zero-order valence-electron chi connectivity index (χ0n) is 17.9. The molecule has 5 rings (SSSR count). The first-order chi connectivity index (χ1) is 15.9. The molecule has 9 nitrogen and oxygen atoms in total. The van der Waals surface area contributed by atoms with Crippen LogP contribution in [0.25, 0.3) is 16.6 Å². The zero-order chi connectivity index (χ0) is 23.2. The molecule has 1 saturated heterocycles. The largest absolute Gasteiger partial charge is 0.344 e. The number of aryl methyl sites for hydroxylation is 1. The Bertz CT molecular complexity index is 1420. The molecule has 0 spiro atoms. The Labute approximate surface area is 193 Å². The molecule has 3 heterocycles. The van der Waals surface area contributed by atoms with Crippen LogP contribution in [-0.4, -0.2) is 43.2 Å². The Morgan fingerprint density at radius 1 is 1.09 bits per heavy atom. The average Bonchev–Trinajstić information content (AvgIpc) is 3.33.